The Morgan fingerprint density at radius 3 is 2.42 bits per heavy atom. The molecular weight excluding hydrogens is 238 g/mol. The van der Waals surface area contributed by atoms with Crippen LogP contribution in [0.4, 0.5) is 0 Å². The maximum atomic E-state index is 12.5. The summed E-state index contributed by atoms with van der Waals surface area (Å²) in [6.07, 6.45) is 4.94. The minimum absolute atomic E-state index is 0.243. The second kappa shape index (κ2) is 7.63. The molecule has 19 heavy (non-hydrogen) atoms. The van der Waals surface area contributed by atoms with Crippen molar-refractivity contribution in [1.29, 1.82) is 0 Å². The fraction of sp³-hybridized carbons (Fsp3) is 0.867. The smallest absolute Gasteiger partial charge is 0.255 e. The normalized spacial score (nSPS) is 21.2. The molecule has 0 bridgehead atoms. The van der Waals surface area contributed by atoms with E-state index in [1.165, 1.54) is 0 Å². The van der Waals surface area contributed by atoms with E-state index in [0.717, 1.165) is 57.6 Å². The maximum Gasteiger partial charge on any atom is 0.255 e. The second-order valence-corrected chi connectivity index (χ2v) is 4.96. The van der Waals surface area contributed by atoms with Crippen LogP contribution in [0.25, 0.3) is 0 Å². The van der Waals surface area contributed by atoms with Gasteiger partial charge in [0.1, 0.15) is 11.4 Å². The third-order valence-electron chi connectivity index (χ3n) is 3.80. The molecule has 0 saturated carbocycles. The van der Waals surface area contributed by atoms with E-state index in [1.54, 1.807) is 0 Å². The summed E-state index contributed by atoms with van der Waals surface area (Å²) in [7, 11) is 0. The van der Waals surface area contributed by atoms with Gasteiger partial charge in [-0.2, -0.15) is 0 Å². The minimum Gasteiger partial charge on any atom is -0.317 e. The SMILES string of the molecule is CC.CCCCC1=NC2(CCNCC2)C(=O)N1CC. The molecule has 0 radical (unpaired) electrons. The van der Waals surface area contributed by atoms with Crippen molar-refractivity contribution in [3.63, 3.8) is 0 Å². The summed E-state index contributed by atoms with van der Waals surface area (Å²) >= 11 is 0. The number of nitrogens with one attached hydrogen (secondary N) is 1. The van der Waals surface area contributed by atoms with Crippen molar-refractivity contribution in [1.82, 2.24) is 10.2 Å². The zero-order chi connectivity index (χ0) is 14.3. The first kappa shape index (κ1) is 16.2. The Morgan fingerprint density at radius 2 is 1.89 bits per heavy atom. The van der Waals surface area contributed by atoms with Gasteiger partial charge in [0.2, 0.25) is 0 Å². The summed E-state index contributed by atoms with van der Waals surface area (Å²) < 4.78 is 0. The molecule has 1 amide bonds. The van der Waals surface area contributed by atoms with Crippen molar-refractivity contribution in [2.45, 2.75) is 65.3 Å². The van der Waals surface area contributed by atoms with E-state index in [-0.39, 0.29) is 5.91 Å². The van der Waals surface area contributed by atoms with Crippen LogP contribution < -0.4 is 5.32 Å². The summed E-state index contributed by atoms with van der Waals surface area (Å²) in [5.74, 6) is 1.27. The van der Waals surface area contributed by atoms with Gasteiger partial charge >= 0.3 is 0 Å². The van der Waals surface area contributed by atoms with E-state index in [9.17, 15) is 4.79 Å². The number of carbonyl (C=O) groups excluding carboxylic acids is 1. The number of likely N-dealkylation sites (N-methyl/N-ethyl adjacent to an activating group) is 1. The Hall–Kier alpha value is -0.900. The Labute approximate surface area is 117 Å². The van der Waals surface area contributed by atoms with Crippen LogP contribution in [0.2, 0.25) is 0 Å². The van der Waals surface area contributed by atoms with Crippen molar-refractivity contribution in [3.05, 3.63) is 0 Å². The molecule has 0 aromatic heterocycles. The molecule has 0 aliphatic carbocycles. The summed E-state index contributed by atoms with van der Waals surface area (Å²) in [5.41, 5.74) is -0.412. The third kappa shape index (κ3) is 3.35. The van der Waals surface area contributed by atoms with E-state index in [4.69, 9.17) is 4.99 Å². The predicted molar refractivity (Wildman–Crippen MR) is 80.5 cm³/mol. The lowest BCUT2D eigenvalue weighted by atomic mass is 9.88. The van der Waals surface area contributed by atoms with Crippen molar-refractivity contribution < 1.29 is 4.79 Å². The molecule has 4 nitrogen and oxygen atoms in total. The molecule has 110 valence electrons. The van der Waals surface area contributed by atoms with Crippen LogP contribution in [-0.2, 0) is 4.79 Å². The number of aliphatic imine (C=N–C) groups is 1. The highest BCUT2D eigenvalue weighted by atomic mass is 16.2. The van der Waals surface area contributed by atoms with Crippen LogP contribution in [0, 0.1) is 0 Å². The van der Waals surface area contributed by atoms with Gasteiger partial charge in [0.25, 0.3) is 5.91 Å². The number of hydrogen-bond donors (Lipinski definition) is 1. The lowest BCUT2D eigenvalue weighted by molar-refractivity contribution is -0.131. The van der Waals surface area contributed by atoms with Crippen LogP contribution in [0.5, 0.6) is 0 Å². The minimum atomic E-state index is -0.412. The predicted octanol–water partition coefficient (Wildman–Crippen LogP) is 2.59. The van der Waals surface area contributed by atoms with Gasteiger partial charge in [0.05, 0.1) is 0 Å². The highest BCUT2D eigenvalue weighted by molar-refractivity contribution is 6.08. The third-order valence-corrected chi connectivity index (χ3v) is 3.80. The molecule has 0 unspecified atom stereocenters. The van der Waals surface area contributed by atoms with Crippen LogP contribution in [0.1, 0.15) is 59.8 Å². The zero-order valence-electron chi connectivity index (χ0n) is 13.0. The first-order chi connectivity index (χ1) is 9.23. The molecule has 1 fully saturated rings. The average Bonchev–Trinajstić information content (AvgIpc) is 2.72. The lowest BCUT2D eigenvalue weighted by Gasteiger charge is -2.29. The molecule has 0 atom stereocenters. The van der Waals surface area contributed by atoms with Gasteiger partial charge in [0.15, 0.2) is 0 Å². The maximum absolute atomic E-state index is 12.5. The molecule has 0 aromatic rings. The number of rotatable bonds is 4. The molecular formula is C15H29N3O. The van der Waals surface area contributed by atoms with E-state index in [0.29, 0.717) is 0 Å². The molecule has 0 aromatic carbocycles. The van der Waals surface area contributed by atoms with Crippen molar-refractivity contribution in [3.8, 4) is 0 Å². The highest BCUT2D eigenvalue weighted by Crippen LogP contribution is 2.32. The Balaban J connectivity index is 0.000000861. The Kier molecular flexibility index (Phi) is 6.49. The molecule has 2 rings (SSSR count). The molecule has 1 N–H and O–H groups in total. The summed E-state index contributed by atoms with van der Waals surface area (Å²) in [6.45, 7) is 10.8. The van der Waals surface area contributed by atoms with Gasteiger partial charge in [0, 0.05) is 13.0 Å². The molecule has 2 heterocycles. The van der Waals surface area contributed by atoms with Crippen molar-refractivity contribution in [2.75, 3.05) is 19.6 Å². The van der Waals surface area contributed by atoms with Crippen LogP contribution in [-0.4, -0.2) is 41.8 Å². The average molecular weight is 267 g/mol. The topological polar surface area (TPSA) is 44.7 Å². The van der Waals surface area contributed by atoms with E-state index < -0.39 is 5.54 Å². The number of nitrogens with zero attached hydrogens (tertiary/aromatic N) is 2. The van der Waals surface area contributed by atoms with E-state index in [2.05, 4.69) is 12.2 Å². The fourth-order valence-corrected chi connectivity index (χ4v) is 2.74. The number of carbonyl (C=O) groups is 1. The van der Waals surface area contributed by atoms with Crippen molar-refractivity contribution >= 4 is 11.7 Å². The van der Waals surface area contributed by atoms with E-state index in [1.807, 2.05) is 25.7 Å². The largest absolute Gasteiger partial charge is 0.317 e. The number of amidine groups is 1. The molecule has 4 heteroatoms. The number of amides is 1. The molecule has 1 spiro atoms. The second-order valence-electron chi connectivity index (χ2n) is 4.96. The number of unbranched alkanes of at least 4 members (excludes halogenated alkanes) is 1. The van der Waals surface area contributed by atoms with Gasteiger partial charge in [-0.05, 0) is 39.3 Å². The van der Waals surface area contributed by atoms with Gasteiger partial charge in [-0.1, -0.05) is 27.2 Å². The Bertz CT molecular complexity index is 319. The van der Waals surface area contributed by atoms with Gasteiger partial charge in [-0.25, -0.2) is 0 Å². The standard InChI is InChI=1S/C13H23N3O.C2H6/c1-3-5-6-11-15-13(7-9-14-10-8-13)12(17)16(11)4-2;1-2/h14H,3-10H2,1-2H3;1-2H3. The zero-order valence-corrected chi connectivity index (χ0v) is 13.0. The van der Waals surface area contributed by atoms with Gasteiger partial charge in [-0.3, -0.25) is 14.7 Å². The Morgan fingerprint density at radius 1 is 1.26 bits per heavy atom. The van der Waals surface area contributed by atoms with Crippen LogP contribution in [0.3, 0.4) is 0 Å². The monoisotopic (exact) mass is 267 g/mol. The van der Waals surface area contributed by atoms with E-state index >= 15 is 0 Å². The summed E-state index contributed by atoms with van der Waals surface area (Å²) in [4.78, 5) is 19.2. The van der Waals surface area contributed by atoms with Gasteiger partial charge < -0.3 is 5.32 Å². The quantitative estimate of drug-likeness (QED) is 0.851. The number of piperidine rings is 1. The highest BCUT2D eigenvalue weighted by Gasteiger charge is 2.47. The summed E-state index contributed by atoms with van der Waals surface area (Å²) in [5, 5.41) is 3.31. The molecule has 2 aliphatic heterocycles. The van der Waals surface area contributed by atoms with Gasteiger partial charge in [-0.15, -0.1) is 0 Å². The molecule has 2 aliphatic rings. The number of hydrogen-bond acceptors (Lipinski definition) is 3. The first-order valence-corrected chi connectivity index (χ1v) is 7.85. The summed E-state index contributed by atoms with van der Waals surface area (Å²) in [6, 6.07) is 0. The van der Waals surface area contributed by atoms with Crippen LogP contribution >= 0.6 is 0 Å². The lowest BCUT2D eigenvalue weighted by Crippen LogP contribution is -2.48. The molecule has 1 saturated heterocycles. The fourth-order valence-electron chi connectivity index (χ4n) is 2.74. The van der Waals surface area contributed by atoms with Crippen LogP contribution in [0.15, 0.2) is 4.99 Å². The first-order valence-electron chi connectivity index (χ1n) is 7.85. The van der Waals surface area contributed by atoms with Crippen molar-refractivity contribution in [2.24, 2.45) is 4.99 Å².